The van der Waals surface area contributed by atoms with Crippen molar-refractivity contribution in [2.24, 2.45) is 5.92 Å². The first kappa shape index (κ1) is 17.3. The maximum absolute atomic E-state index is 12.4. The Morgan fingerprint density at radius 2 is 2.09 bits per heavy atom. The van der Waals surface area contributed by atoms with E-state index in [1.54, 1.807) is 19.9 Å². The summed E-state index contributed by atoms with van der Waals surface area (Å²) < 4.78 is 41.5. The topological polar surface area (TPSA) is 68.0 Å². The normalized spacial score (nSPS) is 11.8. The minimum Gasteiger partial charge on any atom is -0.352 e. The number of carbonyl (C=O) groups is 1. The van der Waals surface area contributed by atoms with Crippen molar-refractivity contribution in [3.05, 3.63) is 34.7 Å². The monoisotopic (exact) mass is 347 g/mol. The Morgan fingerprint density at radius 1 is 1.39 bits per heavy atom. The molecule has 0 aliphatic carbocycles. The van der Waals surface area contributed by atoms with Crippen LogP contribution in [0.1, 0.15) is 25.3 Å². The van der Waals surface area contributed by atoms with Crippen LogP contribution in [-0.2, 0) is 17.5 Å². The van der Waals surface area contributed by atoms with Crippen LogP contribution in [0.2, 0.25) is 5.02 Å². The maximum Gasteiger partial charge on any atom is 0.471 e. The van der Waals surface area contributed by atoms with Gasteiger partial charge in [0, 0.05) is 23.0 Å². The summed E-state index contributed by atoms with van der Waals surface area (Å²) in [6.07, 6.45) is -4.70. The molecule has 1 N–H and O–H groups in total. The van der Waals surface area contributed by atoms with Crippen molar-refractivity contribution in [1.29, 1.82) is 0 Å². The van der Waals surface area contributed by atoms with E-state index in [-0.39, 0.29) is 34.8 Å². The van der Waals surface area contributed by atoms with Gasteiger partial charge in [0.15, 0.2) is 0 Å². The van der Waals surface area contributed by atoms with Crippen molar-refractivity contribution < 1.29 is 22.5 Å². The maximum atomic E-state index is 12.4. The summed E-state index contributed by atoms with van der Waals surface area (Å²) in [7, 11) is 0. The van der Waals surface area contributed by atoms with Crippen LogP contribution in [0.25, 0.3) is 11.4 Å². The fourth-order valence-corrected chi connectivity index (χ4v) is 1.92. The summed E-state index contributed by atoms with van der Waals surface area (Å²) in [6, 6.07) is 4.51. The van der Waals surface area contributed by atoms with E-state index in [2.05, 4.69) is 20.0 Å². The van der Waals surface area contributed by atoms with Crippen LogP contribution in [0.3, 0.4) is 0 Å². The number of benzene rings is 1. The predicted molar refractivity (Wildman–Crippen MR) is 76.4 cm³/mol. The lowest BCUT2D eigenvalue weighted by molar-refractivity contribution is -0.159. The molecule has 5 nitrogen and oxygen atoms in total. The first-order valence-electron chi connectivity index (χ1n) is 6.66. The van der Waals surface area contributed by atoms with Gasteiger partial charge in [0.25, 0.3) is 0 Å². The highest BCUT2D eigenvalue weighted by molar-refractivity contribution is 6.31. The third-order valence-corrected chi connectivity index (χ3v) is 3.31. The molecule has 0 spiro atoms. The van der Waals surface area contributed by atoms with Crippen molar-refractivity contribution in [3.8, 4) is 11.4 Å². The van der Waals surface area contributed by atoms with Gasteiger partial charge in [-0.05, 0) is 11.6 Å². The molecule has 23 heavy (non-hydrogen) atoms. The number of carbonyl (C=O) groups excluding carboxylic acids is 1. The molecule has 0 saturated heterocycles. The van der Waals surface area contributed by atoms with E-state index in [1.807, 2.05) is 0 Å². The minimum atomic E-state index is -4.70. The van der Waals surface area contributed by atoms with Crippen LogP contribution in [0.15, 0.2) is 22.7 Å². The molecular weight excluding hydrogens is 335 g/mol. The van der Waals surface area contributed by atoms with Crippen molar-refractivity contribution in [1.82, 2.24) is 15.5 Å². The van der Waals surface area contributed by atoms with Gasteiger partial charge < -0.3 is 9.84 Å². The molecule has 0 atom stereocenters. The third kappa shape index (κ3) is 4.22. The summed E-state index contributed by atoms with van der Waals surface area (Å²) in [5.41, 5.74) is 0.914. The van der Waals surface area contributed by atoms with E-state index >= 15 is 0 Å². The lowest BCUT2D eigenvalue weighted by Gasteiger charge is -2.09. The number of nitrogens with zero attached hydrogens (tertiary/aromatic N) is 2. The summed E-state index contributed by atoms with van der Waals surface area (Å²) in [5.74, 6) is -1.92. The summed E-state index contributed by atoms with van der Waals surface area (Å²) >= 11 is 6.08. The Morgan fingerprint density at radius 3 is 2.61 bits per heavy atom. The SMILES string of the molecule is CC(C)C(=O)NCc1ccc(-c2noc(C(F)(F)F)n2)cc1Cl. The quantitative estimate of drug-likeness (QED) is 0.916. The molecule has 1 aromatic heterocycles. The zero-order chi connectivity index (χ0) is 17.2. The number of hydrogen-bond donors (Lipinski definition) is 1. The molecule has 0 bridgehead atoms. The highest BCUT2D eigenvalue weighted by Crippen LogP contribution is 2.30. The molecule has 124 valence electrons. The number of alkyl halides is 3. The van der Waals surface area contributed by atoms with Crippen LogP contribution < -0.4 is 5.32 Å². The Labute approximate surface area is 134 Å². The number of rotatable bonds is 4. The Bertz CT molecular complexity index is 714. The van der Waals surface area contributed by atoms with Crippen LogP contribution in [-0.4, -0.2) is 16.0 Å². The van der Waals surface area contributed by atoms with Gasteiger partial charge in [0.2, 0.25) is 11.7 Å². The molecule has 1 amide bonds. The number of hydrogen-bond acceptors (Lipinski definition) is 4. The van der Waals surface area contributed by atoms with Gasteiger partial charge in [0.1, 0.15) is 0 Å². The van der Waals surface area contributed by atoms with E-state index in [0.717, 1.165) is 0 Å². The van der Waals surface area contributed by atoms with Gasteiger partial charge in [-0.3, -0.25) is 4.79 Å². The second kappa shape index (κ2) is 6.57. The van der Waals surface area contributed by atoms with Gasteiger partial charge in [-0.1, -0.05) is 42.7 Å². The van der Waals surface area contributed by atoms with Crippen molar-refractivity contribution in [2.45, 2.75) is 26.6 Å². The summed E-state index contributed by atoms with van der Waals surface area (Å²) in [5, 5.41) is 6.27. The van der Waals surface area contributed by atoms with E-state index in [0.29, 0.717) is 5.56 Å². The van der Waals surface area contributed by atoms with Gasteiger partial charge in [-0.25, -0.2) is 0 Å². The molecule has 0 fully saturated rings. The number of nitrogens with one attached hydrogen (secondary N) is 1. The Kier molecular flexibility index (Phi) is 4.93. The second-order valence-corrected chi connectivity index (χ2v) is 5.51. The lowest BCUT2D eigenvalue weighted by atomic mass is 10.1. The van der Waals surface area contributed by atoms with Gasteiger partial charge in [-0.15, -0.1) is 0 Å². The largest absolute Gasteiger partial charge is 0.471 e. The zero-order valence-electron chi connectivity index (χ0n) is 12.2. The average Bonchev–Trinajstić information content (AvgIpc) is 2.95. The highest BCUT2D eigenvalue weighted by Gasteiger charge is 2.38. The molecule has 0 aliphatic heterocycles. The van der Waals surface area contributed by atoms with Gasteiger partial charge in [0.05, 0.1) is 0 Å². The molecule has 2 aromatic rings. The fraction of sp³-hybridized carbons (Fsp3) is 0.357. The number of aromatic nitrogens is 2. The predicted octanol–water partition coefficient (Wildman–Crippen LogP) is 3.68. The van der Waals surface area contributed by atoms with Crippen LogP contribution >= 0.6 is 11.6 Å². The Hall–Kier alpha value is -2.09. The molecule has 1 heterocycles. The van der Waals surface area contributed by atoms with E-state index < -0.39 is 12.1 Å². The highest BCUT2D eigenvalue weighted by atomic mass is 35.5. The lowest BCUT2D eigenvalue weighted by Crippen LogP contribution is -2.27. The standard InChI is InChI=1S/C14H13ClF3N3O2/c1-7(2)12(22)19-6-9-4-3-8(5-10(9)15)11-20-13(23-21-11)14(16,17)18/h3-5,7H,6H2,1-2H3,(H,19,22). The van der Waals surface area contributed by atoms with Gasteiger partial charge >= 0.3 is 12.1 Å². The average molecular weight is 348 g/mol. The molecular formula is C14H13ClF3N3O2. The van der Waals surface area contributed by atoms with Crippen molar-refractivity contribution in [3.63, 3.8) is 0 Å². The molecule has 2 rings (SSSR count). The molecule has 9 heteroatoms. The molecule has 0 unspecified atom stereocenters. The van der Waals surface area contributed by atoms with Crippen LogP contribution in [0, 0.1) is 5.92 Å². The first-order chi connectivity index (χ1) is 10.7. The molecule has 0 aliphatic rings. The molecule has 0 radical (unpaired) electrons. The molecule has 1 aromatic carbocycles. The zero-order valence-corrected chi connectivity index (χ0v) is 13.0. The smallest absolute Gasteiger partial charge is 0.352 e. The Balaban J connectivity index is 2.16. The van der Waals surface area contributed by atoms with Crippen molar-refractivity contribution in [2.75, 3.05) is 0 Å². The van der Waals surface area contributed by atoms with E-state index in [9.17, 15) is 18.0 Å². The van der Waals surface area contributed by atoms with Gasteiger partial charge in [-0.2, -0.15) is 18.2 Å². The van der Waals surface area contributed by atoms with Crippen LogP contribution in [0.5, 0.6) is 0 Å². The van der Waals surface area contributed by atoms with E-state index in [4.69, 9.17) is 11.6 Å². The summed E-state index contributed by atoms with van der Waals surface area (Å²) in [4.78, 5) is 14.8. The number of amides is 1. The first-order valence-corrected chi connectivity index (χ1v) is 7.03. The molecule has 0 saturated carbocycles. The fourth-order valence-electron chi connectivity index (χ4n) is 1.67. The van der Waals surface area contributed by atoms with E-state index in [1.165, 1.54) is 12.1 Å². The summed E-state index contributed by atoms with van der Waals surface area (Å²) in [6.45, 7) is 3.74. The third-order valence-electron chi connectivity index (χ3n) is 2.96. The van der Waals surface area contributed by atoms with Crippen molar-refractivity contribution >= 4 is 17.5 Å². The minimum absolute atomic E-state index is 0.127. The second-order valence-electron chi connectivity index (χ2n) is 5.10. The van der Waals surface area contributed by atoms with Crippen LogP contribution in [0.4, 0.5) is 13.2 Å². The number of halogens is 4.